The maximum Gasteiger partial charge on any atom is 0.320 e. The molecule has 6 nitrogen and oxygen atoms in total. The predicted molar refractivity (Wildman–Crippen MR) is 105 cm³/mol. The maximum absolute atomic E-state index is 12.6. The first-order valence-electron chi connectivity index (χ1n) is 8.16. The van der Waals surface area contributed by atoms with Crippen molar-refractivity contribution in [3.05, 3.63) is 105 Å². The second-order valence-electron chi connectivity index (χ2n) is 5.77. The first kappa shape index (κ1) is 18.4. The number of amides is 2. The molecular formula is C20H16ClN3O3. The second kappa shape index (κ2) is 8.33. The fourth-order valence-corrected chi connectivity index (χ4v) is 2.83. The third kappa shape index (κ3) is 4.62. The van der Waals surface area contributed by atoms with Gasteiger partial charge in [-0.15, -0.1) is 0 Å². The molecule has 0 saturated carbocycles. The van der Waals surface area contributed by atoms with Crippen molar-refractivity contribution in [1.82, 2.24) is 5.32 Å². The molecule has 0 fully saturated rings. The molecule has 0 spiro atoms. The largest absolute Gasteiger partial charge is 0.327 e. The van der Waals surface area contributed by atoms with Crippen LogP contribution in [0.3, 0.4) is 0 Å². The number of carbonyl (C=O) groups excluding carboxylic acids is 1. The molecule has 0 bridgehead atoms. The van der Waals surface area contributed by atoms with E-state index < -0.39 is 11.0 Å². The van der Waals surface area contributed by atoms with Crippen molar-refractivity contribution in [3.63, 3.8) is 0 Å². The Morgan fingerprint density at radius 2 is 1.48 bits per heavy atom. The van der Waals surface area contributed by atoms with Crippen LogP contribution in [0.2, 0.25) is 5.02 Å². The van der Waals surface area contributed by atoms with Crippen molar-refractivity contribution in [2.75, 3.05) is 5.32 Å². The van der Waals surface area contributed by atoms with Crippen molar-refractivity contribution >= 4 is 29.0 Å². The highest BCUT2D eigenvalue weighted by Gasteiger charge is 2.18. The van der Waals surface area contributed by atoms with E-state index in [1.54, 1.807) is 0 Å². The molecule has 0 atom stereocenters. The molecule has 7 heteroatoms. The van der Waals surface area contributed by atoms with Gasteiger partial charge in [0.2, 0.25) is 0 Å². The topological polar surface area (TPSA) is 84.3 Å². The Bertz CT molecular complexity index is 910. The lowest BCUT2D eigenvalue weighted by Gasteiger charge is -2.20. The van der Waals surface area contributed by atoms with Gasteiger partial charge in [0.1, 0.15) is 0 Å². The van der Waals surface area contributed by atoms with E-state index in [2.05, 4.69) is 10.6 Å². The summed E-state index contributed by atoms with van der Waals surface area (Å²) in [5.41, 5.74) is 1.83. The Hall–Kier alpha value is -3.38. The predicted octanol–water partition coefficient (Wildman–Crippen LogP) is 5.16. The highest BCUT2D eigenvalue weighted by atomic mass is 35.5. The van der Waals surface area contributed by atoms with Gasteiger partial charge in [0.25, 0.3) is 5.69 Å². The van der Waals surface area contributed by atoms with Gasteiger partial charge in [0.15, 0.2) is 0 Å². The zero-order valence-electron chi connectivity index (χ0n) is 14.1. The zero-order chi connectivity index (χ0) is 19.2. The summed E-state index contributed by atoms with van der Waals surface area (Å²) < 4.78 is 0. The van der Waals surface area contributed by atoms with Crippen molar-refractivity contribution in [1.29, 1.82) is 0 Å². The van der Waals surface area contributed by atoms with Gasteiger partial charge in [-0.3, -0.25) is 10.1 Å². The molecule has 3 aromatic rings. The van der Waals surface area contributed by atoms with Crippen LogP contribution in [0.1, 0.15) is 17.2 Å². The Kier molecular flexibility index (Phi) is 5.68. The van der Waals surface area contributed by atoms with Crippen LogP contribution in [0.15, 0.2) is 78.9 Å². The number of nitrogens with one attached hydrogen (secondary N) is 2. The van der Waals surface area contributed by atoms with Crippen molar-refractivity contribution in [3.8, 4) is 0 Å². The first-order chi connectivity index (χ1) is 13.0. The third-order valence-corrected chi connectivity index (χ3v) is 4.28. The molecular weight excluding hydrogens is 366 g/mol. The van der Waals surface area contributed by atoms with E-state index >= 15 is 0 Å². The van der Waals surface area contributed by atoms with Gasteiger partial charge in [-0.2, -0.15) is 0 Å². The number of hydrogen-bond donors (Lipinski definition) is 2. The van der Waals surface area contributed by atoms with Crippen LogP contribution < -0.4 is 10.6 Å². The summed E-state index contributed by atoms with van der Waals surface area (Å²) in [6.45, 7) is 0. The third-order valence-electron chi connectivity index (χ3n) is 3.95. The molecule has 136 valence electrons. The van der Waals surface area contributed by atoms with Gasteiger partial charge >= 0.3 is 6.03 Å². The molecule has 0 aliphatic carbocycles. The number of nitro benzene ring substituents is 1. The minimum absolute atomic E-state index is 0.155. The molecule has 27 heavy (non-hydrogen) atoms. The van der Waals surface area contributed by atoms with Crippen LogP contribution >= 0.6 is 11.6 Å². The Morgan fingerprint density at radius 3 is 2.00 bits per heavy atom. The first-order valence-corrected chi connectivity index (χ1v) is 8.54. The number of non-ortho nitro benzene ring substituents is 1. The number of urea groups is 1. The standard InChI is InChI=1S/C20H16ClN3O3/c21-17-12-11-16(24(26)27)13-18(17)22-20(25)23-19(14-7-3-1-4-8-14)15-9-5-2-6-10-15/h1-13,19H,(H2,22,23,25). The monoisotopic (exact) mass is 381 g/mol. The molecule has 0 saturated heterocycles. The number of benzene rings is 3. The Morgan fingerprint density at radius 1 is 0.926 bits per heavy atom. The van der Waals surface area contributed by atoms with E-state index in [0.717, 1.165) is 11.1 Å². The van der Waals surface area contributed by atoms with E-state index in [-0.39, 0.29) is 22.4 Å². The van der Waals surface area contributed by atoms with Gasteiger partial charge in [-0.1, -0.05) is 72.3 Å². The minimum atomic E-state index is -0.545. The minimum Gasteiger partial charge on any atom is -0.327 e. The molecule has 2 N–H and O–H groups in total. The highest BCUT2D eigenvalue weighted by molar-refractivity contribution is 6.33. The number of hydrogen-bond acceptors (Lipinski definition) is 3. The molecule has 0 aliphatic rings. The van der Waals surface area contributed by atoms with Crippen molar-refractivity contribution in [2.45, 2.75) is 6.04 Å². The molecule has 3 rings (SSSR count). The Balaban J connectivity index is 1.84. The Labute approximate surface area is 160 Å². The average molecular weight is 382 g/mol. The van der Waals surface area contributed by atoms with E-state index in [4.69, 9.17) is 11.6 Å². The van der Waals surface area contributed by atoms with E-state index in [1.807, 2.05) is 60.7 Å². The molecule has 0 radical (unpaired) electrons. The number of nitro groups is 1. The van der Waals surface area contributed by atoms with Crippen molar-refractivity contribution < 1.29 is 9.72 Å². The van der Waals surface area contributed by atoms with E-state index in [0.29, 0.717) is 0 Å². The van der Waals surface area contributed by atoms with Crippen LogP contribution in [0.5, 0.6) is 0 Å². The van der Waals surface area contributed by atoms with E-state index in [9.17, 15) is 14.9 Å². The SMILES string of the molecule is O=C(Nc1cc([N+](=O)[O-])ccc1Cl)NC(c1ccccc1)c1ccccc1. The molecule has 0 aromatic heterocycles. The summed E-state index contributed by atoms with van der Waals surface area (Å²) in [4.78, 5) is 22.9. The summed E-state index contributed by atoms with van der Waals surface area (Å²) in [5.74, 6) is 0. The summed E-state index contributed by atoms with van der Waals surface area (Å²) in [5, 5.41) is 16.6. The number of carbonyl (C=O) groups is 1. The maximum atomic E-state index is 12.6. The highest BCUT2D eigenvalue weighted by Crippen LogP contribution is 2.27. The summed E-state index contributed by atoms with van der Waals surface area (Å²) >= 11 is 6.05. The lowest BCUT2D eigenvalue weighted by atomic mass is 9.99. The van der Waals surface area contributed by atoms with E-state index in [1.165, 1.54) is 18.2 Å². The second-order valence-corrected chi connectivity index (χ2v) is 6.18. The number of nitrogens with zero attached hydrogens (tertiary/aromatic N) is 1. The number of anilines is 1. The number of halogens is 1. The fraction of sp³-hybridized carbons (Fsp3) is 0.0500. The zero-order valence-corrected chi connectivity index (χ0v) is 14.9. The molecule has 0 unspecified atom stereocenters. The summed E-state index contributed by atoms with van der Waals surface area (Å²) in [7, 11) is 0. The lowest BCUT2D eigenvalue weighted by molar-refractivity contribution is -0.384. The smallest absolute Gasteiger partial charge is 0.320 e. The van der Waals surface area contributed by atoms with Gasteiger partial charge in [-0.05, 0) is 17.2 Å². The number of rotatable bonds is 5. The van der Waals surface area contributed by atoms with Gasteiger partial charge in [-0.25, -0.2) is 4.79 Å². The van der Waals surface area contributed by atoms with Gasteiger partial charge < -0.3 is 10.6 Å². The average Bonchev–Trinajstić information content (AvgIpc) is 2.69. The van der Waals surface area contributed by atoms with Crippen LogP contribution in [0.25, 0.3) is 0 Å². The lowest BCUT2D eigenvalue weighted by Crippen LogP contribution is -2.33. The molecule has 3 aromatic carbocycles. The van der Waals surface area contributed by atoms with Crippen LogP contribution in [0.4, 0.5) is 16.2 Å². The summed E-state index contributed by atoms with van der Waals surface area (Å²) in [6.07, 6.45) is 0. The normalized spacial score (nSPS) is 10.4. The van der Waals surface area contributed by atoms with Gasteiger partial charge in [0, 0.05) is 12.1 Å². The fourth-order valence-electron chi connectivity index (χ4n) is 2.66. The van der Waals surface area contributed by atoms with Crippen LogP contribution in [-0.4, -0.2) is 11.0 Å². The van der Waals surface area contributed by atoms with Crippen LogP contribution in [0, 0.1) is 10.1 Å². The van der Waals surface area contributed by atoms with Crippen LogP contribution in [-0.2, 0) is 0 Å². The molecule has 2 amide bonds. The van der Waals surface area contributed by atoms with Gasteiger partial charge in [0.05, 0.1) is 21.7 Å². The van der Waals surface area contributed by atoms with Crippen molar-refractivity contribution in [2.24, 2.45) is 0 Å². The quantitative estimate of drug-likeness (QED) is 0.473. The molecule has 0 heterocycles. The summed E-state index contributed by atoms with van der Waals surface area (Å²) in [6, 6.07) is 22.0. The molecule has 0 aliphatic heterocycles.